The van der Waals surface area contributed by atoms with Gasteiger partial charge in [0.25, 0.3) is 0 Å². The standard InChI is InChI=1S/C20H23NO/c1-13(22)15-10-11-19-18(12-15)16-8-5-9-17(16)20(21-19)14-6-3-2-4-7-14/h2-3,5,8,10-12,14,16-17,20-21H,4,6-7,9H2,1H3. The van der Waals surface area contributed by atoms with Gasteiger partial charge in [0.2, 0.25) is 0 Å². The van der Waals surface area contributed by atoms with Crippen LogP contribution in [0.25, 0.3) is 0 Å². The number of carbonyl (C=O) groups is 1. The van der Waals surface area contributed by atoms with Crippen molar-refractivity contribution in [2.24, 2.45) is 11.8 Å². The van der Waals surface area contributed by atoms with Gasteiger partial charge in [-0.05, 0) is 68.2 Å². The third kappa shape index (κ3) is 2.22. The maximum atomic E-state index is 11.7. The summed E-state index contributed by atoms with van der Waals surface area (Å²) in [6, 6.07) is 6.74. The molecule has 0 fully saturated rings. The van der Waals surface area contributed by atoms with Crippen LogP contribution in [0.5, 0.6) is 0 Å². The minimum absolute atomic E-state index is 0.154. The van der Waals surface area contributed by atoms with Crippen LogP contribution in [0, 0.1) is 11.8 Å². The fourth-order valence-electron chi connectivity index (χ4n) is 4.46. The van der Waals surface area contributed by atoms with E-state index in [0.29, 0.717) is 17.9 Å². The summed E-state index contributed by atoms with van der Waals surface area (Å²) in [5.74, 6) is 2.01. The summed E-state index contributed by atoms with van der Waals surface area (Å²) in [4.78, 5) is 11.7. The quantitative estimate of drug-likeness (QED) is 0.632. The van der Waals surface area contributed by atoms with Crippen molar-refractivity contribution < 1.29 is 4.79 Å². The Morgan fingerprint density at radius 1 is 1.18 bits per heavy atom. The van der Waals surface area contributed by atoms with E-state index in [9.17, 15) is 4.79 Å². The van der Waals surface area contributed by atoms with E-state index in [2.05, 4.69) is 41.8 Å². The second-order valence-electron chi connectivity index (χ2n) is 6.93. The molecule has 1 aromatic rings. The van der Waals surface area contributed by atoms with E-state index in [1.807, 2.05) is 6.07 Å². The first-order chi connectivity index (χ1) is 10.7. The zero-order chi connectivity index (χ0) is 15.1. The van der Waals surface area contributed by atoms with Gasteiger partial charge in [0.15, 0.2) is 5.78 Å². The van der Waals surface area contributed by atoms with Crippen molar-refractivity contribution in [3.8, 4) is 0 Å². The first-order valence-corrected chi connectivity index (χ1v) is 8.47. The number of hydrogen-bond acceptors (Lipinski definition) is 2. The molecule has 1 aliphatic heterocycles. The van der Waals surface area contributed by atoms with Crippen LogP contribution in [0.4, 0.5) is 5.69 Å². The number of Topliss-reactive ketones (excluding diaryl/α,β-unsaturated/α-hetero) is 1. The van der Waals surface area contributed by atoms with E-state index in [0.717, 1.165) is 17.9 Å². The summed E-state index contributed by atoms with van der Waals surface area (Å²) in [6.45, 7) is 1.65. The number of benzene rings is 1. The Labute approximate surface area is 132 Å². The van der Waals surface area contributed by atoms with E-state index < -0.39 is 0 Å². The Balaban J connectivity index is 1.70. The van der Waals surface area contributed by atoms with E-state index in [1.54, 1.807) is 6.92 Å². The van der Waals surface area contributed by atoms with E-state index in [-0.39, 0.29) is 5.78 Å². The first-order valence-electron chi connectivity index (χ1n) is 8.47. The summed E-state index contributed by atoms with van der Waals surface area (Å²) in [5.41, 5.74) is 3.38. The molecule has 1 N–H and O–H groups in total. The molecule has 22 heavy (non-hydrogen) atoms. The predicted octanol–water partition coefficient (Wildman–Crippen LogP) is 4.70. The van der Waals surface area contributed by atoms with Gasteiger partial charge in [0.1, 0.15) is 0 Å². The summed E-state index contributed by atoms with van der Waals surface area (Å²) >= 11 is 0. The van der Waals surface area contributed by atoms with Gasteiger partial charge in [-0.1, -0.05) is 24.3 Å². The van der Waals surface area contributed by atoms with Gasteiger partial charge in [-0.2, -0.15) is 0 Å². The largest absolute Gasteiger partial charge is 0.381 e. The molecule has 0 bridgehead atoms. The summed E-state index contributed by atoms with van der Waals surface area (Å²) in [7, 11) is 0. The smallest absolute Gasteiger partial charge is 0.159 e. The molecule has 2 aliphatic carbocycles. The average molecular weight is 293 g/mol. The number of hydrogen-bond donors (Lipinski definition) is 1. The minimum atomic E-state index is 0.154. The average Bonchev–Trinajstić information content (AvgIpc) is 3.04. The van der Waals surface area contributed by atoms with Crippen LogP contribution in [0.2, 0.25) is 0 Å². The van der Waals surface area contributed by atoms with Crippen LogP contribution in [0.3, 0.4) is 0 Å². The topological polar surface area (TPSA) is 29.1 Å². The van der Waals surface area contributed by atoms with E-state index >= 15 is 0 Å². The highest BCUT2D eigenvalue weighted by Crippen LogP contribution is 2.47. The molecule has 0 amide bonds. The minimum Gasteiger partial charge on any atom is -0.381 e. The number of anilines is 1. The molecule has 1 heterocycles. The molecule has 114 valence electrons. The molecule has 2 nitrogen and oxygen atoms in total. The molecule has 0 radical (unpaired) electrons. The highest BCUT2D eigenvalue weighted by atomic mass is 16.1. The molecule has 1 aromatic carbocycles. The number of rotatable bonds is 2. The molecule has 4 rings (SSSR count). The van der Waals surface area contributed by atoms with Crippen molar-refractivity contribution >= 4 is 11.5 Å². The Hall–Kier alpha value is -1.83. The van der Waals surface area contributed by atoms with Crippen molar-refractivity contribution in [1.82, 2.24) is 0 Å². The third-order valence-corrected chi connectivity index (χ3v) is 5.63. The maximum Gasteiger partial charge on any atom is 0.159 e. The lowest BCUT2D eigenvalue weighted by Gasteiger charge is -2.42. The monoisotopic (exact) mass is 293 g/mol. The molecule has 2 heteroatoms. The summed E-state index contributed by atoms with van der Waals surface area (Å²) in [5, 5.41) is 3.82. The number of nitrogens with one attached hydrogen (secondary N) is 1. The SMILES string of the molecule is CC(=O)c1ccc2c(c1)C1C=CCC1C(C1CC=CCC1)N2. The Morgan fingerprint density at radius 3 is 2.86 bits per heavy atom. The van der Waals surface area contributed by atoms with Crippen molar-refractivity contribution in [3.05, 3.63) is 53.6 Å². The lowest BCUT2D eigenvalue weighted by atomic mass is 9.72. The maximum absolute atomic E-state index is 11.7. The van der Waals surface area contributed by atoms with Crippen LogP contribution in [0.1, 0.15) is 54.4 Å². The van der Waals surface area contributed by atoms with Crippen molar-refractivity contribution in [3.63, 3.8) is 0 Å². The summed E-state index contributed by atoms with van der Waals surface area (Å²) < 4.78 is 0. The highest BCUT2D eigenvalue weighted by Gasteiger charge is 2.40. The number of allylic oxidation sites excluding steroid dienone is 4. The lowest BCUT2D eigenvalue weighted by molar-refractivity contribution is 0.101. The third-order valence-electron chi connectivity index (χ3n) is 5.63. The van der Waals surface area contributed by atoms with Gasteiger partial charge in [-0.25, -0.2) is 0 Å². The van der Waals surface area contributed by atoms with Gasteiger partial charge in [0, 0.05) is 23.2 Å². The molecule has 0 spiro atoms. The highest BCUT2D eigenvalue weighted by molar-refractivity contribution is 5.95. The molecule has 4 unspecified atom stereocenters. The van der Waals surface area contributed by atoms with Crippen LogP contribution < -0.4 is 5.32 Å². The summed E-state index contributed by atoms with van der Waals surface area (Å²) in [6.07, 6.45) is 14.2. The van der Waals surface area contributed by atoms with Gasteiger partial charge >= 0.3 is 0 Å². The van der Waals surface area contributed by atoms with Crippen LogP contribution in [0.15, 0.2) is 42.5 Å². The number of ketones is 1. The Morgan fingerprint density at radius 2 is 2.09 bits per heavy atom. The molecular weight excluding hydrogens is 270 g/mol. The number of fused-ring (bicyclic) bond motifs is 3. The molecule has 4 atom stereocenters. The second-order valence-corrected chi connectivity index (χ2v) is 6.93. The molecule has 0 saturated carbocycles. The van der Waals surface area contributed by atoms with Crippen LogP contribution in [-0.4, -0.2) is 11.8 Å². The second kappa shape index (κ2) is 5.42. The zero-order valence-electron chi connectivity index (χ0n) is 13.1. The fourth-order valence-corrected chi connectivity index (χ4v) is 4.46. The zero-order valence-corrected chi connectivity index (χ0v) is 13.1. The normalized spacial score (nSPS) is 32.2. The molecule has 3 aliphatic rings. The van der Waals surface area contributed by atoms with Crippen LogP contribution >= 0.6 is 0 Å². The number of carbonyl (C=O) groups excluding carboxylic acids is 1. The van der Waals surface area contributed by atoms with E-state index in [4.69, 9.17) is 0 Å². The predicted molar refractivity (Wildman–Crippen MR) is 90.3 cm³/mol. The van der Waals surface area contributed by atoms with Gasteiger partial charge in [0.05, 0.1) is 0 Å². The van der Waals surface area contributed by atoms with Crippen molar-refractivity contribution in [1.29, 1.82) is 0 Å². The lowest BCUT2D eigenvalue weighted by Crippen LogP contribution is -2.41. The Kier molecular flexibility index (Phi) is 3.40. The van der Waals surface area contributed by atoms with Crippen molar-refractivity contribution in [2.45, 2.75) is 44.6 Å². The van der Waals surface area contributed by atoms with Crippen molar-refractivity contribution in [2.75, 3.05) is 5.32 Å². The van der Waals surface area contributed by atoms with Gasteiger partial charge < -0.3 is 5.32 Å². The van der Waals surface area contributed by atoms with Gasteiger partial charge in [-0.3, -0.25) is 4.79 Å². The van der Waals surface area contributed by atoms with Gasteiger partial charge in [-0.15, -0.1) is 0 Å². The molecular formula is C20H23NO. The first kappa shape index (κ1) is 13.8. The molecule has 0 aromatic heterocycles. The van der Waals surface area contributed by atoms with E-state index in [1.165, 1.54) is 30.5 Å². The van der Waals surface area contributed by atoms with Crippen LogP contribution in [-0.2, 0) is 0 Å². The fraction of sp³-hybridized carbons (Fsp3) is 0.450. The Bertz CT molecular complexity index is 658. The molecule has 0 saturated heterocycles.